The molecular weight excluding hydrogens is 204 g/mol. The van der Waals surface area contributed by atoms with Gasteiger partial charge >= 0.3 is 5.97 Å². The molecule has 0 unspecified atom stereocenters. The van der Waals surface area contributed by atoms with E-state index in [1.165, 1.54) is 31.2 Å². The Morgan fingerprint density at radius 1 is 1.56 bits per heavy atom. The summed E-state index contributed by atoms with van der Waals surface area (Å²) in [7, 11) is 1.90. The fourth-order valence-corrected chi connectivity index (χ4v) is 2.59. The second-order valence-corrected chi connectivity index (χ2v) is 4.55. The van der Waals surface area contributed by atoms with Crippen LogP contribution in [-0.2, 0) is 18.3 Å². The average Bonchev–Trinajstić information content (AvgIpc) is 2.83. The van der Waals surface area contributed by atoms with Crippen LogP contribution in [0.3, 0.4) is 0 Å². The highest BCUT2D eigenvalue weighted by Gasteiger charge is 2.22. The number of hydrogen-bond acceptors (Lipinski definition) is 2. The van der Waals surface area contributed by atoms with E-state index >= 15 is 0 Å². The molecule has 1 aromatic heterocycles. The molecule has 0 spiro atoms. The molecule has 0 atom stereocenters. The van der Waals surface area contributed by atoms with Crippen molar-refractivity contribution in [3.63, 3.8) is 0 Å². The van der Waals surface area contributed by atoms with E-state index in [1.807, 2.05) is 17.9 Å². The van der Waals surface area contributed by atoms with E-state index < -0.39 is 5.97 Å². The highest BCUT2D eigenvalue weighted by atomic mass is 16.4. The van der Waals surface area contributed by atoms with Crippen molar-refractivity contribution >= 4 is 5.97 Å². The summed E-state index contributed by atoms with van der Waals surface area (Å²) in [6.45, 7) is 0. The van der Waals surface area contributed by atoms with Crippen LogP contribution in [0, 0.1) is 0 Å². The van der Waals surface area contributed by atoms with E-state index in [4.69, 9.17) is 5.11 Å². The van der Waals surface area contributed by atoms with Gasteiger partial charge in [0.2, 0.25) is 0 Å². The normalized spacial score (nSPS) is 16.8. The maximum Gasteiger partial charge on any atom is 0.303 e. The van der Waals surface area contributed by atoms with Gasteiger partial charge in [-0.05, 0) is 24.3 Å². The Kier molecular flexibility index (Phi) is 3.27. The van der Waals surface area contributed by atoms with Crippen molar-refractivity contribution in [2.45, 2.75) is 44.4 Å². The molecule has 16 heavy (non-hydrogen) atoms. The fraction of sp³-hybridized carbons (Fsp3) is 0.667. The molecule has 0 saturated heterocycles. The van der Waals surface area contributed by atoms with Crippen LogP contribution in [0.2, 0.25) is 0 Å². The minimum absolute atomic E-state index is 0.194. The minimum atomic E-state index is -0.737. The zero-order chi connectivity index (χ0) is 11.5. The van der Waals surface area contributed by atoms with Crippen LogP contribution in [0.4, 0.5) is 0 Å². The van der Waals surface area contributed by atoms with Crippen molar-refractivity contribution in [3.8, 4) is 0 Å². The first kappa shape index (κ1) is 11.2. The number of carboxylic acid groups (broad SMARTS) is 1. The minimum Gasteiger partial charge on any atom is -0.481 e. The lowest BCUT2D eigenvalue weighted by atomic mass is 9.96. The molecule has 0 amide bonds. The van der Waals surface area contributed by atoms with Crippen LogP contribution in [0.15, 0.2) is 6.20 Å². The first-order chi connectivity index (χ1) is 7.68. The molecule has 1 heterocycles. The highest BCUT2D eigenvalue weighted by Crippen LogP contribution is 2.35. The average molecular weight is 222 g/mol. The summed E-state index contributed by atoms with van der Waals surface area (Å²) in [5.41, 5.74) is 2.38. The predicted octanol–water partition coefficient (Wildman–Crippen LogP) is 2.09. The molecule has 2 rings (SSSR count). The molecule has 0 radical (unpaired) electrons. The van der Waals surface area contributed by atoms with Crippen molar-refractivity contribution < 1.29 is 9.90 Å². The third kappa shape index (κ3) is 2.26. The van der Waals surface area contributed by atoms with Gasteiger partial charge in [0.15, 0.2) is 0 Å². The Morgan fingerprint density at radius 2 is 2.25 bits per heavy atom. The van der Waals surface area contributed by atoms with E-state index in [9.17, 15) is 4.79 Å². The van der Waals surface area contributed by atoms with Gasteiger partial charge in [0, 0.05) is 19.2 Å². The molecule has 1 aliphatic rings. The smallest absolute Gasteiger partial charge is 0.303 e. The van der Waals surface area contributed by atoms with Gasteiger partial charge in [0.1, 0.15) is 0 Å². The zero-order valence-corrected chi connectivity index (χ0v) is 9.65. The summed E-state index contributed by atoms with van der Waals surface area (Å²) in [6.07, 6.45) is 7.75. The molecule has 1 fully saturated rings. The lowest BCUT2D eigenvalue weighted by Gasteiger charge is -2.10. The lowest BCUT2D eigenvalue weighted by Crippen LogP contribution is -2.06. The van der Waals surface area contributed by atoms with E-state index in [-0.39, 0.29) is 6.42 Å². The molecule has 1 N–H and O–H groups in total. The molecule has 88 valence electrons. The molecule has 0 aliphatic heterocycles. The Bertz CT molecular complexity index is 378. The number of aliphatic carboxylic acids is 1. The van der Waals surface area contributed by atoms with Crippen molar-refractivity contribution in [3.05, 3.63) is 17.5 Å². The van der Waals surface area contributed by atoms with Gasteiger partial charge in [-0.3, -0.25) is 9.48 Å². The molecule has 4 heteroatoms. The molecule has 1 aliphatic carbocycles. The predicted molar refractivity (Wildman–Crippen MR) is 60.4 cm³/mol. The Morgan fingerprint density at radius 3 is 2.88 bits per heavy atom. The Labute approximate surface area is 95.3 Å². The van der Waals surface area contributed by atoms with Crippen LogP contribution in [0.5, 0.6) is 0 Å². The summed E-state index contributed by atoms with van der Waals surface area (Å²) in [4.78, 5) is 10.6. The van der Waals surface area contributed by atoms with E-state index in [1.54, 1.807) is 0 Å². The molecule has 0 aromatic carbocycles. The third-order valence-corrected chi connectivity index (χ3v) is 3.46. The van der Waals surface area contributed by atoms with Crippen molar-refractivity contribution in [2.75, 3.05) is 0 Å². The van der Waals surface area contributed by atoms with Crippen LogP contribution < -0.4 is 0 Å². The molecule has 1 aromatic rings. The maximum absolute atomic E-state index is 10.6. The van der Waals surface area contributed by atoms with Crippen molar-refractivity contribution in [2.24, 2.45) is 7.05 Å². The summed E-state index contributed by atoms with van der Waals surface area (Å²) in [5, 5.41) is 13.0. The second-order valence-electron chi connectivity index (χ2n) is 4.55. The number of hydrogen-bond donors (Lipinski definition) is 1. The van der Waals surface area contributed by atoms with Crippen molar-refractivity contribution in [1.29, 1.82) is 0 Å². The molecular formula is C12H18N2O2. The number of carboxylic acids is 1. The topological polar surface area (TPSA) is 55.1 Å². The molecule has 1 saturated carbocycles. The van der Waals surface area contributed by atoms with Crippen LogP contribution in [0.25, 0.3) is 0 Å². The SMILES string of the molecule is Cn1ncc(C2CCCC2)c1CCC(=O)O. The van der Waals surface area contributed by atoms with Gasteiger partial charge in [0.25, 0.3) is 0 Å². The fourth-order valence-electron chi connectivity index (χ4n) is 2.59. The van der Waals surface area contributed by atoms with Crippen LogP contribution in [-0.4, -0.2) is 20.9 Å². The van der Waals surface area contributed by atoms with Gasteiger partial charge in [-0.1, -0.05) is 12.8 Å². The van der Waals surface area contributed by atoms with Crippen LogP contribution >= 0.6 is 0 Å². The van der Waals surface area contributed by atoms with Gasteiger partial charge in [-0.15, -0.1) is 0 Å². The van der Waals surface area contributed by atoms with Gasteiger partial charge < -0.3 is 5.11 Å². The number of nitrogens with zero attached hydrogens (tertiary/aromatic N) is 2. The highest BCUT2D eigenvalue weighted by molar-refractivity contribution is 5.67. The monoisotopic (exact) mass is 222 g/mol. The van der Waals surface area contributed by atoms with Crippen molar-refractivity contribution in [1.82, 2.24) is 9.78 Å². The Balaban J connectivity index is 2.14. The number of carbonyl (C=O) groups is 1. The van der Waals surface area contributed by atoms with Crippen LogP contribution in [0.1, 0.15) is 49.3 Å². The van der Waals surface area contributed by atoms with Gasteiger partial charge in [-0.25, -0.2) is 0 Å². The zero-order valence-electron chi connectivity index (χ0n) is 9.65. The van der Waals surface area contributed by atoms with Gasteiger partial charge in [-0.2, -0.15) is 5.10 Å². The molecule has 0 bridgehead atoms. The van der Waals surface area contributed by atoms with E-state index in [0.29, 0.717) is 12.3 Å². The third-order valence-electron chi connectivity index (χ3n) is 3.46. The van der Waals surface area contributed by atoms with E-state index in [0.717, 1.165) is 5.69 Å². The summed E-state index contributed by atoms with van der Waals surface area (Å²) < 4.78 is 1.83. The maximum atomic E-state index is 10.6. The number of aromatic nitrogens is 2. The lowest BCUT2D eigenvalue weighted by molar-refractivity contribution is -0.136. The first-order valence-corrected chi connectivity index (χ1v) is 5.91. The molecule has 4 nitrogen and oxygen atoms in total. The number of rotatable bonds is 4. The quantitative estimate of drug-likeness (QED) is 0.848. The standard InChI is InChI=1S/C12H18N2O2/c1-14-11(6-7-12(15)16)10(8-13-14)9-4-2-3-5-9/h8-9H,2-7H2,1H3,(H,15,16). The van der Waals surface area contributed by atoms with Gasteiger partial charge in [0.05, 0.1) is 12.6 Å². The first-order valence-electron chi connectivity index (χ1n) is 5.91. The van der Waals surface area contributed by atoms with E-state index in [2.05, 4.69) is 5.10 Å². The summed E-state index contributed by atoms with van der Waals surface area (Å²) in [5.74, 6) is -0.129. The summed E-state index contributed by atoms with van der Waals surface area (Å²) >= 11 is 0. The summed E-state index contributed by atoms with van der Waals surface area (Å²) in [6, 6.07) is 0. The number of aryl methyl sites for hydroxylation is 1. The second kappa shape index (κ2) is 4.68. The Hall–Kier alpha value is -1.32. The largest absolute Gasteiger partial charge is 0.481 e.